The molecule has 0 bridgehead atoms. The molecule has 3 heterocycles. The molecule has 1 atom stereocenters. The topological polar surface area (TPSA) is 82.7 Å². The molecule has 1 N–H and O–H groups in total. The largest absolute Gasteiger partial charge is 0.387 e. The highest BCUT2D eigenvalue weighted by Crippen LogP contribution is 2.25. The molecule has 0 radical (unpaired) electrons. The quantitative estimate of drug-likeness (QED) is 0.728. The molecule has 0 aliphatic carbocycles. The van der Waals surface area contributed by atoms with Gasteiger partial charge in [-0.3, -0.25) is 4.90 Å². The van der Waals surface area contributed by atoms with Crippen molar-refractivity contribution in [3.05, 3.63) is 48.0 Å². The van der Waals surface area contributed by atoms with Crippen LogP contribution in [0.25, 0.3) is 5.65 Å². The predicted molar refractivity (Wildman–Crippen MR) is 93.1 cm³/mol. The highest BCUT2D eigenvalue weighted by molar-refractivity contribution is 5.44. The van der Waals surface area contributed by atoms with Crippen LogP contribution in [0, 0.1) is 0 Å². The molecule has 8 heteroatoms. The van der Waals surface area contributed by atoms with Gasteiger partial charge in [-0.25, -0.2) is 0 Å². The first kappa shape index (κ1) is 15.9. The van der Waals surface area contributed by atoms with Crippen LogP contribution in [0.3, 0.4) is 0 Å². The summed E-state index contributed by atoms with van der Waals surface area (Å²) < 4.78 is 1.40. The smallest absolute Gasteiger partial charge is 0.200 e. The fraction of sp³-hybridized carbons (Fsp3) is 0.412. The summed E-state index contributed by atoms with van der Waals surface area (Å²) in [6.07, 6.45) is 0.747. The maximum atomic E-state index is 11.0. The van der Waals surface area contributed by atoms with Crippen molar-refractivity contribution < 1.29 is 5.11 Å². The van der Waals surface area contributed by atoms with Crippen molar-refractivity contribution in [3.63, 3.8) is 0 Å². The van der Waals surface area contributed by atoms with Gasteiger partial charge in [0, 0.05) is 33.2 Å². The molecule has 8 nitrogen and oxygen atoms in total. The van der Waals surface area contributed by atoms with E-state index in [1.165, 1.54) is 10.2 Å². The molecular weight excluding hydrogens is 318 g/mol. The van der Waals surface area contributed by atoms with Crippen molar-refractivity contribution in [1.82, 2.24) is 30.2 Å². The molecule has 3 aromatic rings. The van der Waals surface area contributed by atoms with Crippen molar-refractivity contribution >= 4 is 11.5 Å². The molecule has 0 spiro atoms. The molecule has 1 fully saturated rings. The number of aliphatic hydroxyl groups is 1. The number of nitrogens with zero attached hydrogens (tertiary/aromatic N) is 7. The number of tetrazole rings is 1. The zero-order chi connectivity index (χ0) is 17.3. The van der Waals surface area contributed by atoms with Gasteiger partial charge < -0.3 is 10.0 Å². The Hall–Kier alpha value is -2.58. The van der Waals surface area contributed by atoms with E-state index >= 15 is 0 Å². The van der Waals surface area contributed by atoms with Crippen molar-refractivity contribution in [3.8, 4) is 0 Å². The number of hydrogen-bond acceptors (Lipinski definition) is 7. The third kappa shape index (κ3) is 3.45. The Morgan fingerprint density at radius 3 is 2.88 bits per heavy atom. The van der Waals surface area contributed by atoms with Crippen molar-refractivity contribution in [2.24, 2.45) is 0 Å². The highest BCUT2D eigenvalue weighted by Gasteiger charge is 2.37. The lowest BCUT2D eigenvalue weighted by atomic mass is 10.0. The summed E-state index contributed by atoms with van der Waals surface area (Å²) in [4.78, 5) is 4.24. The van der Waals surface area contributed by atoms with Crippen LogP contribution in [0.15, 0.2) is 42.5 Å². The van der Waals surface area contributed by atoms with E-state index in [0.29, 0.717) is 18.7 Å². The van der Waals surface area contributed by atoms with Crippen LogP contribution in [0.1, 0.15) is 12.0 Å². The minimum Gasteiger partial charge on any atom is -0.387 e. The number of fused-ring (bicyclic) bond motifs is 1. The second-order valence-electron chi connectivity index (χ2n) is 6.74. The summed E-state index contributed by atoms with van der Waals surface area (Å²) in [6.45, 7) is 2.92. The number of hydrogen-bond donors (Lipinski definition) is 1. The van der Waals surface area contributed by atoms with Gasteiger partial charge in [-0.15, -0.1) is 14.8 Å². The lowest BCUT2D eigenvalue weighted by molar-refractivity contribution is 0.0560. The Balaban J connectivity index is 1.41. The van der Waals surface area contributed by atoms with Crippen LogP contribution < -0.4 is 4.90 Å². The van der Waals surface area contributed by atoms with E-state index in [4.69, 9.17) is 0 Å². The maximum absolute atomic E-state index is 11.0. The molecule has 25 heavy (non-hydrogen) atoms. The van der Waals surface area contributed by atoms with Crippen LogP contribution in [0.5, 0.6) is 0 Å². The van der Waals surface area contributed by atoms with Gasteiger partial charge >= 0.3 is 0 Å². The third-order valence-electron chi connectivity index (χ3n) is 4.64. The molecule has 0 saturated carbocycles. The zero-order valence-corrected chi connectivity index (χ0v) is 14.2. The van der Waals surface area contributed by atoms with Gasteiger partial charge in [-0.05, 0) is 34.5 Å². The van der Waals surface area contributed by atoms with Crippen LogP contribution in [0.4, 0.5) is 5.82 Å². The van der Waals surface area contributed by atoms with Gasteiger partial charge in [-0.2, -0.15) is 0 Å². The summed E-state index contributed by atoms with van der Waals surface area (Å²) in [7, 11) is 1.93. The van der Waals surface area contributed by atoms with Crippen molar-refractivity contribution in [1.29, 1.82) is 0 Å². The van der Waals surface area contributed by atoms with Crippen LogP contribution in [-0.2, 0) is 6.54 Å². The average Bonchev–Trinajstić information content (AvgIpc) is 3.21. The molecular formula is C17H21N7O. The molecule has 4 rings (SSSR count). The Morgan fingerprint density at radius 2 is 2.04 bits per heavy atom. The Morgan fingerprint density at radius 1 is 1.20 bits per heavy atom. The van der Waals surface area contributed by atoms with Gasteiger partial charge in [0.25, 0.3) is 0 Å². The van der Waals surface area contributed by atoms with Gasteiger partial charge in [-0.1, -0.05) is 30.3 Å². The standard InChI is InChI=1S/C17H21N7O/c1-22(16-8-7-15-18-20-21-24(15)19-16)12-17(25)9-10-23(13-17)11-14-5-3-2-4-6-14/h2-8,25H,9-13H2,1H3. The summed E-state index contributed by atoms with van der Waals surface area (Å²) in [5.41, 5.74) is 1.12. The first-order valence-corrected chi connectivity index (χ1v) is 8.37. The van der Waals surface area contributed by atoms with E-state index in [0.717, 1.165) is 25.3 Å². The van der Waals surface area contributed by atoms with E-state index in [1.807, 2.05) is 42.3 Å². The first-order valence-electron chi connectivity index (χ1n) is 8.37. The minimum atomic E-state index is -0.749. The first-order chi connectivity index (χ1) is 12.1. The van der Waals surface area contributed by atoms with Gasteiger partial charge in [0.05, 0.1) is 5.60 Å². The second-order valence-corrected chi connectivity index (χ2v) is 6.74. The van der Waals surface area contributed by atoms with Crippen molar-refractivity contribution in [2.75, 3.05) is 31.6 Å². The van der Waals surface area contributed by atoms with Crippen LogP contribution >= 0.6 is 0 Å². The number of likely N-dealkylation sites (N-methyl/N-ethyl adjacent to an activating group) is 1. The van der Waals surface area contributed by atoms with Gasteiger partial charge in [0.15, 0.2) is 11.5 Å². The number of likely N-dealkylation sites (tertiary alicyclic amines) is 1. The Labute approximate surface area is 145 Å². The lowest BCUT2D eigenvalue weighted by Gasteiger charge is -2.29. The van der Waals surface area contributed by atoms with Gasteiger partial charge in [0.2, 0.25) is 0 Å². The van der Waals surface area contributed by atoms with Crippen LogP contribution in [-0.4, -0.2) is 67.5 Å². The molecule has 130 valence electrons. The van der Waals surface area contributed by atoms with E-state index < -0.39 is 5.60 Å². The summed E-state index contributed by atoms with van der Waals surface area (Å²) in [5, 5.41) is 26.6. The maximum Gasteiger partial charge on any atom is 0.200 e. The molecule has 0 amide bonds. The van der Waals surface area contributed by atoms with Gasteiger partial charge in [0.1, 0.15) is 0 Å². The zero-order valence-electron chi connectivity index (χ0n) is 14.2. The van der Waals surface area contributed by atoms with E-state index in [2.05, 4.69) is 37.7 Å². The van der Waals surface area contributed by atoms with E-state index in [1.54, 1.807) is 0 Å². The SMILES string of the molecule is CN(CC1(O)CCN(Cc2ccccc2)C1)c1ccc2nnnn2n1. The number of anilines is 1. The number of rotatable bonds is 5. The van der Waals surface area contributed by atoms with E-state index in [-0.39, 0.29) is 0 Å². The summed E-state index contributed by atoms with van der Waals surface area (Å²) >= 11 is 0. The molecule has 1 saturated heterocycles. The Kier molecular flexibility index (Phi) is 4.06. The number of aromatic nitrogens is 5. The monoisotopic (exact) mass is 339 g/mol. The predicted octanol–water partition coefficient (Wildman–Crippen LogP) is 0.592. The molecule has 2 aromatic heterocycles. The fourth-order valence-corrected chi connectivity index (χ4v) is 3.41. The fourth-order valence-electron chi connectivity index (χ4n) is 3.41. The van der Waals surface area contributed by atoms with Crippen molar-refractivity contribution in [2.45, 2.75) is 18.6 Å². The number of β-amino-alcohol motifs (C(OH)–C–C–N with tert-alkyl or cyclic N) is 1. The normalized spacial score (nSPS) is 21.0. The summed E-state index contributed by atoms with van der Waals surface area (Å²) in [6, 6.07) is 14.0. The minimum absolute atomic E-state index is 0.513. The average molecular weight is 339 g/mol. The van der Waals surface area contributed by atoms with E-state index in [9.17, 15) is 5.11 Å². The molecule has 1 aliphatic rings. The molecule has 1 unspecified atom stereocenters. The Bertz CT molecular complexity index is 852. The second kappa shape index (κ2) is 6.38. The molecule has 1 aromatic carbocycles. The lowest BCUT2D eigenvalue weighted by Crippen LogP contribution is -2.44. The molecule has 1 aliphatic heterocycles. The number of benzene rings is 1. The third-order valence-corrected chi connectivity index (χ3v) is 4.64. The highest BCUT2D eigenvalue weighted by atomic mass is 16.3. The summed E-state index contributed by atoms with van der Waals surface area (Å²) in [5.74, 6) is 0.731. The van der Waals surface area contributed by atoms with Crippen LogP contribution in [0.2, 0.25) is 0 Å².